The molecule has 3 nitrogen and oxygen atoms in total. The fourth-order valence-corrected chi connectivity index (χ4v) is 1.51. The van der Waals surface area contributed by atoms with Gasteiger partial charge in [0.1, 0.15) is 6.61 Å². The predicted octanol–water partition coefficient (Wildman–Crippen LogP) is 3.51. The Labute approximate surface area is 127 Å². The van der Waals surface area contributed by atoms with Crippen LogP contribution in [0.15, 0.2) is 42.5 Å². The van der Waals surface area contributed by atoms with Gasteiger partial charge in [0.15, 0.2) is 0 Å². The lowest BCUT2D eigenvalue weighted by Gasteiger charge is -2.12. The van der Waals surface area contributed by atoms with Crippen molar-refractivity contribution in [2.45, 2.75) is 16.3 Å². The minimum Gasteiger partial charge on any atom is -0.474 e. The van der Waals surface area contributed by atoms with Gasteiger partial charge < -0.3 is 9.84 Å². The molecule has 0 aliphatic carbocycles. The summed E-state index contributed by atoms with van der Waals surface area (Å²) in [4.78, 5) is 0. The first-order valence-electron chi connectivity index (χ1n) is 5.57. The zero-order valence-electron chi connectivity index (χ0n) is 10.0. The molecule has 1 unspecified atom stereocenters. The van der Waals surface area contributed by atoms with E-state index in [1.807, 2.05) is 30.3 Å². The summed E-state index contributed by atoms with van der Waals surface area (Å²) in [5, 5.41) is 17.0. The second-order valence-electron chi connectivity index (χ2n) is 3.82. The normalized spacial score (nSPS) is 13.5. The van der Waals surface area contributed by atoms with Gasteiger partial charge in [0.25, 0.3) is 3.79 Å². The van der Waals surface area contributed by atoms with Crippen LogP contribution in [0.25, 0.3) is 0 Å². The lowest BCUT2D eigenvalue weighted by molar-refractivity contribution is 0.222. The highest BCUT2D eigenvalue weighted by molar-refractivity contribution is 6.76. The van der Waals surface area contributed by atoms with E-state index in [0.29, 0.717) is 6.42 Å². The Hall–Kier alpha value is -0.740. The van der Waals surface area contributed by atoms with E-state index in [4.69, 9.17) is 44.9 Å². The van der Waals surface area contributed by atoms with Crippen LogP contribution in [0, 0.1) is 5.41 Å². The topological polar surface area (TPSA) is 53.3 Å². The van der Waals surface area contributed by atoms with Gasteiger partial charge in [-0.15, -0.1) is 0 Å². The summed E-state index contributed by atoms with van der Waals surface area (Å²) in [6.45, 7) is 0.0680. The zero-order valence-corrected chi connectivity index (χ0v) is 12.3. The van der Waals surface area contributed by atoms with Crippen LogP contribution in [0.4, 0.5) is 0 Å². The van der Waals surface area contributed by atoms with Crippen LogP contribution in [-0.2, 0) is 11.2 Å². The summed E-state index contributed by atoms with van der Waals surface area (Å²) < 4.78 is 3.05. The SMILES string of the molecule is N=C(OC/C=C/C(O)Cc1ccccc1)C(Cl)(Cl)Cl. The molecule has 0 aliphatic rings. The molecule has 0 radical (unpaired) electrons. The number of halogens is 3. The Bertz CT molecular complexity index is 429. The van der Waals surface area contributed by atoms with E-state index in [-0.39, 0.29) is 6.61 Å². The van der Waals surface area contributed by atoms with E-state index in [0.717, 1.165) is 5.56 Å². The maximum atomic E-state index is 9.75. The Morgan fingerprint density at radius 1 is 1.32 bits per heavy atom. The maximum Gasteiger partial charge on any atom is 0.265 e. The zero-order chi connectivity index (χ0) is 14.3. The largest absolute Gasteiger partial charge is 0.474 e. The summed E-state index contributed by atoms with van der Waals surface area (Å²) in [7, 11) is 0. The van der Waals surface area contributed by atoms with Crippen molar-refractivity contribution in [2.75, 3.05) is 6.61 Å². The first-order chi connectivity index (χ1) is 8.89. The first kappa shape index (κ1) is 16.3. The van der Waals surface area contributed by atoms with Crippen molar-refractivity contribution in [3.63, 3.8) is 0 Å². The lowest BCUT2D eigenvalue weighted by Crippen LogP contribution is -2.21. The van der Waals surface area contributed by atoms with Gasteiger partial charge >= 0.3 is 0 Å². The molecular weight excluding hydrogens is 309 g/mol. The van der Waals surface area contributed by atoms with E-state index < -0.39 is 15.8 Å². The number of rotatable bonds is 5. The van der Waals surface area contributed by atoms with Crippen molar-refractivity contribution in [2.24, 2.45) is 0 Å². The van der Waals surface area contributed by atoms with Gasteiger partial charge in [-0.05, 0) is 11.6 Å². The molecule has 0 spiro atoms. The van der Waals surface area contributed by atoms with Crippen LogP contribution in [0.1, 0.15) is 5.56 Å². The highest BCUT2D eigenvalue weighted by Gasteiger charge is 2.28. The van der Waals surface area contributed by atoms with Crippen molar-refractivity contribution in [3.05, 3.63) is 48.0 Å². The summed E-state index contributed by atoms with van der Waals surface area (Å²) >= 11 is 16.3. The van der Waals surface area contributed by atoms with Gasteiger partial charge in [-0.1, -0.05) is 71.2 Å². The monoisotopic (exact) mass is 321 g/mol. The first-order valence-corrected chi connectivity index (χ1v) is 6.70. The molecule has 0 heterocycles. The summed E-state index contributed by atoms with van der Waals surface area (Å²) in [5.41, 5.74) is 1.04. The maximum absolute atomic E-state index is 9.75. The Morgan fingerprint density at radius 2 is 1.95 bits per heavy atom. The highest BCUT2D eigenvalue weighted by Crippen LogP contribution is 2.27. The molecule has 2 N–H and O–H groups in total. The summed E-state index contributed by atoms with van der Waals surface area (Å²) in [6.07, 6.45) is 3.06. The third-order valence-electron chi connectivity index (χ3n) is 2.23. The average molecular weight is 323 g/mol. The van der Waals surface area contributed by atoms with Gasteiger partial charge in [0.2, 0.25) is 5.90 Å². The number of hydrogen-bond acceptors (Lipinski definition) is 3. The molecule has 19 heavy (non-hydrogen) atoms. The number of hydrogen-bond donors (Lipinski definition) is 2. The van der Waals surface area contributed by atoms with E-state index >= 15 is 0 Å². The van der Waals surface area contributed by atoms with Gasteiger partial charge in [-0.25, -0.2) is 0 Å². The van der Waals surface area contributed by atoms with Crippen molar-refractivity contribution >= 4 is 40.7 Å². The minimum atomic E-state index is -1.85. The minimum absolute atomic E-state index is 0.0680. The molecular formula is C13H14Cl3NO2. The van der Waals surface area contributed by atoms with E-state index in [1.165, 1.54) is 0 Å². The quantitative estimate of drug-likeness (QED) is 0.377. The molecule has 1 rings (SSSR count). The smallest absolute Gasteiger partial charge is 0.265 e. The van der Waals surface area contributed by atoms with Crippen LogP contribution < -0.4 is 0 Å². The van der Waals surface area contributed by atoms with Gasteiger partial charge in [-0.3, -0.25) is 5.41 Å². The second kappa shape index (κ2) is 7.75. The fourth-order valence-electron chi connectivity index (χ4n) is 1.35. The number of benzene rings is 1. The molecule has 1 aromatic carbocycles. The van der Waals surface area contributed by atoms with Crippen molar-refractivity contribution < 1.29 is 9.84 Å². The van der Waals surface area contributed by atoms with Gasteiger partial charge in [0.05, 0.1) is 6.10 Å². The van der Waals surface area contributed by atoms with Crippen molar-refractivity contribution in [1.82, 2.24) is 0 Å². The van der Waals surface area contributed by atoms with Gasteiger partial charge in [-0.2, -0.15) is 0 Å². The van der Waals surface area contributed by atoms with Crippen LogP contribution >= 0.6 is 34.8 Å². The van der Waals surface area contributed by atoms with Crippen LogP contribution in [-0.4, -0.2) is 27.5 Å². The molecule has 1 aromatic rings. The Balaban J connectivity index is 2.31. The molecule has 0 aromatic heterocycles. The molecule has 0 fully saturated rings. The molecule has 6 heteroatoms. The number of ether oxygens (including phenoxy) is 1. The predicted molar refractivity (Wildman–Crippen MR) is 79.3 cm³/mol. The second-order valence-corrected chi connectivity index (χ2v) is 6.10. The molecule has 0 bridgehead atoms. The molecule has 1 atom stereocenters. The third-order valence-corrected chi connectivity index (χ3v) is 2.74. The fraction of sp³-hybridized carbons (Fsp3) is 0.308. The Morgan fingerprint density at radius 3 is 2.53 bits per heavy atom. The highest BCUT2D eigenvalue weighted by atomic mass is 35.6. The van der Waals surface area contributed by atoms with Crippen molar-refractivity contribution in [3.8, 4) is 0 Å². The lowest BCUT2D eigenvalue weighted by atomic mass is 10.1. The molecule has 0 saturated heterocycles. The number of aliphatic hydroxyl groups excluding tert-OH is 1. The van der Waals surface area contributed by atoms with Gasteiger partial charge in [0, 0.05) is 6.42 Å². The van der Waals surface area contributed by atoms with E-state index in [1.54, 1.807) is 12.2 Å². The van der Waals surface area contributed by atoms with Crippen LogP contribution in [0.3, 0.4) is 0 Å². The molecule has 104 valence electrons. The molecule has 0 amide bonds. The standard InChI is InChI=1S/C13H14Cl3NO2/c14-13(15,16)12(17)19-8-4-7-11(18)9-10-5-2-1-3-6-10/h1-7,11,17-18H,8-9H2/b7-4+,17-12?. The summed E-state index contributed by atoms with van der Waals surface area (Å²) in [6, 6.07) is 9.62. The van der Waals surface area contributed by atoms with E-state index in [9.17, 15) is 5.11 Å². The average Bonchev–Trinajstić information content (AvgIpc) is 2.34. The van der Waals surface area contributed by atoms with Crippen LogP contribution in [0.2, 0.25) is 0 Å². The summed E-state index contributed by atoms with van der Waals surface area (Å²) in [5.74, 6) is -0.445. The van der Waals surface area contributed by atoms with Crippen LogP contribution in [0.5, 0.6) is 0 Å². The van der Waals surface area contributed by atoms with E-state index in [2.05, 4.69) is 0 Å². The van der Waals surface area contributed by atoms with Crippen molar-refractivity contribution in [1.29, 1.82) is 5.41 Å². The number of alkyl halides is 3. The number of nitrogens with one attached hydrogen (secondary N) is 1. The number of aliphatic hydroxyl groups is 1. The Kier molecular flexibility index (Phi) is 6.66. The molecule has 0 aliphatic heterocycles. The molecule has 0 saturated carbocycles. The third kappa shape index (κ3) is 6.83.